The van der Waals surface area contributed by atoms with Gasteiger partial charge in [-0.3, -0.25) is 4.98 Å². The standard InChI is InChI=1S/C17H19N/c1-5-9-15(10-6-2)16-12-14(8-4)17(11-7-3)18-13-16/h5-13H,1,3H2,2,4H3/b10-6-,14-8-,15-9+,17-11+. The van der Waals surface area contributed by atoms with Crippen molar-refractivity contribution in [2.24, 2.45) is 0 Å². The Morgan fingerprint density at radius 2 is 2.00 bits per heavy atom. The van der Waals surface area contributed by atoms with Gasteiger partial charge in [-0.05, 0) is 36.8 Å². The van der Waals surface area contributed by atoms with Gasteiger partial charge in [-0.15, -0.1) is 0 Å². The quantitative estimate of drug-likeness (QED) is 0.734. The van der Waals surface area contributed by atoms with E-state index < -0.39 is 0 Å². The van der Waals surface area contributed by atoms with Gasteiger partial charge in [-0.25, -0.2) is 0 Å². The van der Waals surface area contributed by atoms with E-state index in [1.807, 2.05) is 44.3 Å². The molecular weight excluding hydrogens is 218 g/mol. The molecule has 92 valence electrons. The van der Waals surface area contributed by atoms with Gasteiger partial charge >= 0.3 is 0 Å². The summed E-state index contributed by atoms with van der Waals surface area (Å²) in [6.45, 7) is 11.4. The van der Waals surface area contributed by atoms with Crippen molar-refractivity contribution < 1.29 is 0 Å². The van der Waals surface area contributed by atoms with Crippen molar-refractivity contribution in [3.8, 4) is 0 Å². The average Bonchev–Trinajstić information content (AvgIpc) is 2.39. The lowest BCUT2D eigenvalue weighted by atomic mass is 10.1. The number of pyridine rings is 1. The summed E-state index contributed by atoms with van der Waals surface area (Å²) in [5.41, 5.74) is 2.19. The van der Waals surface area contributed by atoms with Gasteiger partial charge in [0.05, 0.1) is 5.35 Å². The lowest BCUT2D eigenvalue weighted by Gasteiger charge is -2.01. The number of nitrogens with zero attached hydrogens (tertiary/aromatic N) is 1. The van der Waals surface area contributed by atoms with Crippen LogP contribution < -0.4 is 10.6 Å². The van der Waals surface area contributed by atoms with Crippen molar-refractivity contribution in [3.63, 3.8) is 0 Å². The molecule has 1 aromatic heterocycles. The first kappa shape index (κ1) is 13.9. The lowest BCUT2D eigenvalue weighted by Crippen LogP contribution is -2.27. The molecule has 0 radical (unpaired) electrons. The monoisotopic (exact) mass is 237 g/mol. The van der Waals surface area contributed by atoms with Crippen LogP contribution in [0.2, 0.25) is 0 Å². The fourth-order valence-electron chi connectivity index (χ4n) is 1.69. The molecule has 0 N–H and O–H groups in total. The van der Waals surface area contributed by atoms with Gasteiger partial charge in [-0.2, -0.15) is 0 Å². The smallest absolute Gasteiger partial charge is 0.0698 e. The molecule has 0 unspecified atom stereocenters. The van der Waals surface area contributed by atoms with Gasteiger partial charge in [0.25, 0.3) is 0 Å². The van der Waals surface area contributed by atoms with E-state index in [2.05, 4.69) is 30.3 Å². The largest absolute Gasteiger partial charge is 0.256 e. The van der Waals surface area contributed by atoms with Crippen LogP contribution in [0.5, 0.6) is 0 Å². The first-order chi connectivity index (χ1) is 8.76. The van der Waals surface area contributed by atoms with E-state index in [1.165, 1.54) is 0 Å². The van der Waals surface area contributed by atoms with Crippen LogP contribution in [0.25, 0.3) is 17.7 Å². The molecule has 0 saturated heterocycles. The van der Waals surface area contributed by atoms with Gasteiger partial charge in [0.2, 0.25) is 0 Å². The van der Waals surface area contributed by atoms with Crippen molar-refractivity contribution >= 4 is 17.7 Å². The van der Waals surface area contributed by atoms with Gasteiger partial charge in [0.1, 0.15) is 0 Å². The lowest BCUT2D eigenvalue weighted by molar-refractivity contribution is 1.21. The highest BCUT2D eigenvalue weighted by molar-refractivity contribution is 5.74. The van der Waals surface area contributed by atoms with E-state index in [0.717, 1.165) is 21.7 Å². The minimum absolute atomic E-state index is 0.940. The summed E-state index contributed by atoms with van der Waals surface area (Å²) >= 11 is 0. The average molecular weight is 237 g/mol. The van der Waals surface area contributed by atoms with Crippen LogP contribution >= 0.6 is 0 Å². The van der Waals surface area contributed by atoms with E-state index in [9.17, 15) is 0 Å². The molecule has 0 amide bonds. The molecule has 0 fully saturated rings. The Morgan fingerprint density at radius 1 is 1.22 bits per heavy atom. The Labute approximate surface area is 109 Å². The molecule has 0 aliphatic heterocycles. The Bertz CT molecular complexity index is 601. The third-order valence-corrected chi connectivity index (χ3v) is 2.51. The predicted molar refractivity (Wildman–Crippen MR) is 81.3 cm³/mol. The number of hydrogen-bond acceptors (Lipinski definition) is 1. The summed E-state index contributed by atoms with van der Waals surface area (Å²) in [4.78, 5) is 4.46. The highest BCUT2D eigenvalue weighted by Crippen LogP contribution is 2.12. The van der Waals surface area contributed by atoms with Gasteiger partial charge in [0, 0.05) is 11.8 Å². The third-order valence-electron chi connectivity index (χ3n) is 2.51. The fraction of sp³-hybridized carbons (Fsp3) is 0.118. The number of hydrogen-bond donors (Lipinski definition) is 0. The Balaban J connectivity index is 3.46. The summed E-state index contributed by atoms with van der Waals surface area (Å²) < 4.78 is 0. The summed E-state index contributed by atoms with van der Waals surface area (Å²) in [6.07, 6.45) is 15.4. The zero-order valence-electron chi connectivity index (χ0n) is 11.1. The Morgan fingerprint density at radius 3 is 2.56 bits per heavy atom. The minimum atomic E-state index is 0.940. The molecule has 0 spiro atoms. The van der Waals surface area contributed by atoms with Crippen LogP contribution in [0, 0.1) is 0 Å². The number of allylic oxidation sites excluding steroid dienone is 6. The Kier molecular flexibility index (Phi) is 5.59. The van der Waals surface area contributed by atoms with E-state index in [1.54, 1.807) is 12.2 Å². The van der Waals surface area contributed by atoms with E-state index in [-0.39, 0.29) is 0 Å². The van der Waals surface area contributed by atoms with Crippen molar-refractivity contribution in [1.82, 2.24) is 4.98 Å². The van der Waals surface area contributed by atoms with Crippen molar-refractivity contribution in [3.05, 3.63) is 71.9 Å². The van der Waals surface area contributed by atoms with Crippen LogP contribution in [-0.4, -0.2) is 4.98 Å². The first-order valence-electron chi connectivity index (χ1n) is 5.97. The SMILES string of the molecule is C=C/C=C(\C=C/C)c1cnc(=C/C=C)/c(=C\C)c1. The van der Waals surface area contributed by atoms with E-state index in [4.69, 9.17) is 0 Å². The van der Waals surface area contributed by atoms with Crippen LogP contribution in [-0.2, 0) is 0 Å². The van der Waals surface area contributed by atoms with Crippen molar-refractivity contribution in [2.75, 3.05) is 0 Å². The molecule has 0 aliphatic carbocycles. The molecule has 0 bridgehead atoms. The maximum Gasteiger partial charge on any atom is 0.0698 e. The van der Waals surface area contributed by atoms with Crippen LogP contribution in [0.15, 0.2) is 55.8 Å². The second-order valence-electron chi connectivity index (χ2n) is 3.75. The highest BCUT2D eigenvalue weighted by atomic mass is 14.6. The summed E-state index contributed by atoms with van der Waals surface area (Å²) in [5.74, 6) is 0. The molecular formula is C17H19N. The van der Waals surface area contributed by atoms with Crippen LogP contribution in [0.3, 0.4) is 0 Å². The maximum atomic E-state index is 4.46. The molecule has 0 saturated carbocycles. The normalized spacial score (nSPS) is 14.2. The highest BCUT2D eigenvalue weighted by Gasteiger charge is 1.97. The maximum absolute atomic E-state index is 4.46. The molecule has 1 rings (SSSR count). The van der Waals surface area contributed by atoms with Gasteiger partial charge in [-0.1, -0.05) is 49.6 Å². The molecule has 1 heteroatoms. The second-order valence-corrected chi connectivity index (χ2v) is 3.75. The fourth-order valence-corrected chi connectivity index (χ4v) is 1.69. The number of aromatic nitrogens is 1. The van der Waals surface area contributed by atoms with Gasteiger partial charge in [0.15, 0.2) is 0 Å². The van der Waals surface area contributed by atoms with Crippen molar-refractivity contribution in [1.29, 1.82) is 0 Å². The summed E-state index contributed by atoms with van der Waals surface area (Å²) in [5, 5.41) is 2.04. The summed E-state index contributed by atoms with van der Waals surface area (Å²) in [6, 6.07) is 2.12. The minimum Gasteiger partial charge on any atom is -0.256 e. The third kappa shape index (κ3) is 3.42. The molecule has 18 heavy (non-hydrogen) atoms. The van der Waals surface area contributed by atoms with Crippen LogP contribution in [0.1, 0.15) is 19.4 Å². The Hall–Kier alpha value is -2.15. The predicted octanol–water partition coefficient (Wildman–Crippen LogP) is 2.99. The molecule has 1 heterocycles. The first-order valence-corrected chi connectivity index (χ1v) is 5.97. The molecule has 0 aromatic carbocycles. The zero-order chi connectivity index (χ0) is 13.4. The van der Waals surface area contributed by atoms with Gasteiger partial charge < -0.3 is 0 Å². The van der Waals surface area contributed by atoms with E-state index in [0.29, 0.717) is 0 Å². The topological polar surface area (TPSA) is 12.9 Å². The van der Waals surface area contributed by atoms with E-state index >= 15 is 0 Å². The molecule has 0 atom stereocenters. The number of rotatable bonds is 4. The molecule has 1 aromatic rings. The zero-order valence-corrected chi connectivity index (χ0v) is 11.1. The van der Waals surface area contributed by atoms with Crippen molar-refractivity contribution in [2.45, 2.75) is 13.8 Å². The van der Waals surface area contributed by atoms with Crippen LogP contribution in [0.4, 0.5) is 0 Å². The summed E-state index contributed by atoms with van der Waals surface area (Å²) in [7, 11) is 0. The second kappa shape index (κ2) is 7.23. The molecule has 1 nitrogen and oxygen atoms in total. The molecule has 0 aliphatic rings.